The molecule has 2 aromatic carbocycles. The van der Waals surface area contributed by atoms with Crippen LogP contribution >= 0.6 is 23.4 Å². The molecule has 0 spiro atoms. The van der Waals surface area contributed by atoms with E-state index in [1.165, 1.54) is 31.3 Å². The second-order valence-electron chi connectivity index (χ2n) is 7.30. The summed E-state index contributed by atoms with van der Waals surface area (Å²) >= 11 is 7.80. The Labute approximate surface area is 187 Å². The number of carbonyl (C=O) groups is 1. The summed E-state index contributed by atoms with van der Waals surface area (Å²) in [6, 6.07) is 11.9. The van der Waals surface area contributed by atoms with Crippen LogP contribution in [0.25, 0.3) is 0 Å². The van der Waals surface area contributed by atoms with Crippen molar-refractivity contribution >= 4 is 45.0 Å². The third kappa shape index (κ3) is 5.98. The number of halogens is 1. The topological polar surface area (TPSA) is 69.7 Å². The van der Waals surface area contributed by atoms with Crippen LogP contribution in [0.1, 0.15) is 11.1 Å². The minimum atomic E-state index is -3.78. The summed E-state index contributed by atoms with van der Waals surface area (Å²) in [5.41, 5.74) is 2.77. The van der Waals surface area contributed by atoms with E-state index in [1.807, 2.05) is 30.8 Å². The summed E-state index contributed by atoms with van der Waals surface area (Å²) in [6.45, 7) is 4.61. The fourth-order valence-corrected chi connectivity index (χ4v) is 5.41. The predicted molar refractivity (Wildman–Crippen MR) is 124 cm³/mol. The molecule has 9 heteroatoms. The van der Waals surface area contributed by atoms with Crippen LogP contribution in [0.2, 0.25) is 5.02 Å². The molecule has 1 aliphatic heterocycles. The Morgan fingerprint density at radius 1 is 1.17 bits per heavy atom. The summed E-state index contributed by atoms with van der Waals surface area (Å²) in [6.07, 6.45) is 0. The van der Waals surface area contributed by atoms with Gasteiger partial charge in [-0.25, -0.2) is 8.42 Å². The van der Waals surface area contributed by atoms with Crippen LogP contribution in [0.4, 0.5) is 5.69 Å². The number of rotatable bonds is 7. The van der Waals surface area contributed by atoms with Gasteiger partial charge in [0.1, 0.15) is 0 Å². The highest BCUT2D eigenvalue weighted by atomic mass is 35.5. The van der Waals surface area contributed by atoms with E-state index >= 15 is 0 Å². The van der Waals surface area contributed by atoms with Crippen LogP contribution in [-0.4, -0.2) is 61.7 Å². The normalized spacial score (nSPS) is 15.3. The van der Waals surface area contributed by atoms with E-state index in [9.17, 15) is 13.2 Å². The number of nitrogens with one attached hydrogen (secondary N) is 1. The van der Waals surface area contributed by atoms with E-state index in [0.29, 0.717) is 10.7 Å². The van der Waals surface area contributed by atoms with Gasteiger partial charge in [0.25, 0.3) is 0 Å². The number of anilines is 1. The molecule has 0 aromatic heterocycles. The van der Waals surface area contributed by atoms with Gasteiger partial charge in [-0.05, 0) is 48.4 Å². The lowest BCUT2D eigenvalue weighted by Crippen LogP contribution is -2.35. The van der Waals surface area contributed by atoms with Crippen molar-refractivity contribution in [3.8, 4) is 0 Å². The van der Waals surface area contributed by atoms with E-state index < -0.39 is 10.0 Å². The van der Waals surface area contributed by atoms with Crippen molar-refractivity contribution in [1.29, 1.82) is 0 Å². The molecule has 0 radical (unpaired) electrons. The number of aryl methyl sites for hydroxylation is 1. The highest BCUT2D eigenvalue weighted by Crippen LogP contribution is 2.21. The summed E-state index contributed by atoms with van der Waals surface area (Å²) in [7, 11) is -2.39. The first-order valence-electron chi connectivity index (χ1n) is 9.67. The second kappa shape index (κ2) is 10.2. The summed E-state index contributed by atoms with van der Waals surface area (Å²) in [4.78, 5) is 15.1. The number of carbonyl (C=O) groups excluding carboxylic acids is 1. The van der Waals surface area contributed by atoms with Gasteiger partial charge in [-0.3, -0.25) is 9.69 Å². The number of likely N-dealkylation sites (N-methyl/N-ethyl adjacent to an activating group) is 1. The van der Waals surface area contributed by atoms with Crippen molar-refractivity contribution in [2.24, 2.45) is 0 Å². The molecule has 1 aliphatic rings. The van der Waals surface area contributed by atoms with Crippen molar-refractivity contribution < 1.29 is 13.2 Å². The number of hydrogen-bond acceptors (Lipinski definition) is 5. The zero-order valence-electron chi connectivity index (χ0n) is 17.1. The number of sulfonamides is 1. The number of nitrogens with zero attached hydrogens (tertiary/aromatic N) is 2. The molecule has 0 atom stereocenters. The van der Waals surface area contributed by atoms with E-state index in [4.69, 9.17) is 11.6 Å². The van der Waals surface area contributed by atoms with Gasteiger partial charge >= 0.3 is 0 Å². The minimum Gasteiger partial charge on any atom is -0.325 e. The Balaban J connectivity index is 1.64. The van der Waals surface area contributed by atoms with Crippen molar-refractivity contribution in [2.45, 2.75) is 18.4 Å². The molecule has 1 heterocycles. The molecule has 30 heavy (non-hydrogen) atoms. The number of thioether (sulfide) groups is 1. The molecule has 6 nitrogen and oxygen atoms in total. The third-order valence-corrected chi connectivity index (χ3v) is 7.99. The molecule has 0 bridgehead atoms. The monoisotopic (exact) mass is 467 g/mol. The average Bonchev–Trinajstić information content (AvgIpc) is 2.71. The largest absolute Gasteiger partial charge is 0.325 e. The van der Waals surface area contributed by atoms with Crippen LogP contribution in [0.3, 0.4) is 0 Å². The molecule has 1 N–H and O–H groups in total. The summed E-state index contributed by atoms with van der Waals surface area (Å²) in [5, 5.41) is 3.31. The maximum Gasteiger partial charge on any atom is 0.243 e. The van der Waals surface area contributed by atoms with Gasteiger partial charge < -0.3 is 5.32 Å². The van der Waals surface area contributed by atoms with Crippen LogP contribution in [0.5, 0.6) is 0 Å². The molecular weight excluding hydrogens is 442 g/mol. The number of amides is 1. The van der Waals surface area contributed by atoms with Crippen molar-refractivity contribution in [1.82, 2.24) is 9.21 Å². The molecular formula is C21H26ClN3O3S2. The van der Waals surface area contributed by atoms with Gasteiger partial charge in [0.15, 0.2) is 0 Å². The van der Waals surface area contributed by atoms with E-state index in [0.717, 1.165) is 46.6 Å². The average molecular weight is 468 g/mol. The quantitative estimate of drug-likeness (QED) is 0.675. The minimum absolute atomic E-state index is 0.0973. The highest BCUT2D eigenvalue weighted by Gasteiger charge is 2.23. The van der Waals surface area contributed by atoms with Crippen LogP contribution in [0.15, 0.2) is 47.4 Å². The van der Waals surface area contributed by atoms with Crippen LogP contribution in [-0.2, 0) is 21.4 Å². The van der Waals surface area contributed by atoms with Gasteiger partial charge in [-0.2, -0.15) is 16.1 Å². The Morgan fingerprint density at radius 3 is 2.50 bits per heavy atom. The zero-order valence-corrected chi connectivity index (χ0v) is 19.5. The molecule has 0 saturated carbocycles. The maximum absolute atomic E-state index is 12.7. The first kappa shape index (κ1) is 23.1. The van der Waals surface area contributed by atoms with Gasteiger partial charge in [-0.1, -0.05) is 23.7 Å². The zero-order chi connectivity index (χ0) is 21.7. The second-order valence-corrected chi connectivity index (χ2v) is 11.0. The fraction of sp³-hybridized carbons (Fsp3) is 0.381. The summed E-state index contributed by atoms with van der Waals surface area (Å²) < 4.78 is 26.4. The van der Waals surface area contributed by atoms with E-state index in [-0.39, 0.29) is 17.3 Å². The molecule has 1 amide bonds. The van der Waals surface area contributed by atoms with E-state index in [2.05, 4.69) is 16.3 Å². The number of hydrogen-bond donors (Lipinski definition) is 1. The lowest BCUT2D eigenvalue weighted by molar-refractivity contribution is -0.116. The maximum atomic E-state index is 12.7. The number of benzene rings is 2. The molecule has 0 aliphatic carbocycles. The Kier molecular flexibility index (Phi) is 7.81. The molecule has 1 fully saturated rings. The third-order valence-electron chi connectivity index (χ3n) is 4.97. The molecule has 1 saturated heterocycles. The SMILES string of the molecule is Cc1ccc(CN2CCSCC2)cc1NC(=O)CN(C)S(=O)(=O)c1ccc(Cl)cc1. The Morgan fingerprint density at radius 2 is 1.83 bits per heavy atom. The van der Waals surface area contributed by atoms with Gasteiger partial charge in [-0.15, -0.1) is 0 Å². The summed E-state index contributed by atoms with van der Waals surface area (Å²) in [5.74, 6) is 1.90. The first-order valence-corrected chi connectivity index (χ1v) is 12.6. The van der Waals surface area contributed by atoms with Crippen molar-refractivity contribution in [3.63, 3.8) is 0 Å². The molecule has 2 aromatic rings. The van der Waals surface area contributed by atoms with Gasteiger partial charge in [0.05, 0.1) is 11.4 Å². The molecule has 162 valence electrons. The Bertz CT molecular complexity index is 991. The lowest BCUT2D eigenvalue weighted by Gasteiger charge is -2.26. The first-order chi connectivity index (χ1) is 14.3. The highest BCUT2D eigenvalue weighted by molar-refractivity contribution is 7.99. The van der Waals surface area contributed by atoms with E-state index in [1.54, 1.807) is 0 Å². The molecule has 3 rings (SSSR count). The molecule has 0 unspecified atom stereocenters. The smallest absolute Gasteiger partial charge is 0.243 e. The van der Waals surface area contributed by atoms with Gasteiger partial charge in [0.2, 0.25) is 15.9 Å². The lowest BCUT2D eigenvalue weighted by atomic mass is 10.1. The van der Waals surface area contributed by atoms with Crippen LogP contribution < -0.4 is 5.32 Å². The standard InChI is InChI=1S/C21H26ClN3O3S2/c1-16-3-4-17(14-25-9-11-29-12-10-25)13-20(16)23-21(26)15-24(2)30(27,28)19-7-5-18(22)6-8-19/h3-8,13H,9-12,14-15H2,1-2H3,(H,23,26). The fourth-order valence-electron chi connectivity index (χ4n) is 3.18. The van der Waals surface area contributed by atoms with Crippen molar-refractivity contribution in [2.75, 3.05) is 43.5 Å². The van der Waals surface area contributed by atoms with Crippen molar-refractivity contribution in [3.05, 3.63) is 58.6 Å². The van der Waals surface area contributed by atoms with Crippen LogP contribution in [0, 0.1) is 6.92 Å². The van der Waals surface area contributed by atoms with Gasteiger partial charge in [0, 0.05) is 48.9 Å². The Hall–Kier alpha value is -1.58. The predicted octanol–water partition coefficient (Wildman–Crippen LogP) is 3.46.